The van der Waals surface area contributed by atoms with Gasteiger partial charge in [-0.3, -0.25) is 9.36 Å². The molecular weight excluding hydrogens is 279 g/mol. The minimum absolute atomic E-state index is 0.0272. The maximum Gasteiger partial charge on any atom is 0.271 e. The molecule has 2 aromatic heterocycles. The van der Waals surface area contributed by atoms with E-state index in [-0.39, 0.29) is 17.7 Å². The van der Waals surface area contributed by atoms with Gasteiger partial charge in [-0.1, -0.05) is 18.2 Å². The van der Waals surface area contributed by atoms with Crippen LogP contribution in [0.5, 0.6) is 0 Å². The molecule has 3 aromatic rings. The van der Waals surface area contributed by atoms with Crippen LogP contribution in [0.2, 0.25) is 0 Å². The predicted molar refractivity (Wildman–Crippen MR) is 75.2 cm³/mol. The molecule has 1 atom stereocenters. The van der Waals surface area contributed by atoms with Crippen LogP contribution in [0.3, 0.4) is 0 Å². The van der Waals surface area contributed by atoms with Crippen LogP contribution in [0, 0.1) is 5.82 Å². The Kier molecular flexibility index (Phi) is 3.33. The second-order valence-electron chi connectivity index (χ2n) is 4.37. The molecule has 3 rings (SSSR count). The lowest BCUT2D eigenvalue weighted by atomic mass is 10.1. The van der Waals surface area contributed by atoms with E-state index in [0.29, 0.717) is 10.2 Å². The van der Waals surface area contributed by atoms with Gasteiger partial charge in [-0.2, -0.15) is 0 Å². The van der Waals surface area contributed by atoms with Gasteiger partial charge in [0.05, 0.1) is 24.5 Å². The zero-order valence-corrected chi connectivity index (χ0v) is 11.2. The molecule has 0 radical (unpaired) electrons. The number of benzene rings is 1. The van der Waals surface area contributed by atoms with Gasteiger partial charge >= 0.3 is 0 Å². The van der Waals surface area contributed by atoms with E-state index < -0.39 is 11.9 Å². The number of aromatic nitrogens is 2. The molecule has 1 N–H and O–H groups in total. The molecule has 2 heterocycles. The Labute approximate surface area is 117 Å². The van der Waals surface area contributed by atoms with Crippen LogP contribution in [0.4, 0.5) is 4.39 Å². The number of hydrogen-bond donors (Lipinski definition) is 1. The zero-order valence-electron chi connectivity index (χ0n) is 10.4. The summed E-state index contributed by atoms with van der Waals surface area (Å²) in [5, 5.41) is 11.9. The van der Waals surface area contributed by atoms with Crippen molar-refractivity contribution in [3.8, 4) is 0 Å². The van der Waals surface area contributed by atoms with Gasteiger partial charge in [0.25, 0.3) is 5.56 Å². The Balaban J connectivity index is 1.95. The highest BCUT2D eigenvalue weighted by atomic mass is 32.1. The zero-order chi connectivity index (χ0) is 14.1. The van der Waals surface area contributed by atoms with Gasteiger partial charge in [0.1, 0.15) is 10.5 Å². The number of nitrogens with zero attached hydrogens (tertiary/aromatic N) is 2. The van der Waals surface area contributed by atoms with Crippen molar-refractivity contribution in [2.75, 3.05) is 0 Å². The van der Waals surface area contributed by atoms with Gasteiger partial charge in [0, 0.05) is 5.56 Å². The summed E-state index contributed by atoms with van der Waals surface area (Å²) in [5.41, 5.74) is 0.586. The van der Waals surface area contributed by atoms with Crippen molar-refractivity contribution < 1.29 is 9.50 Å². The summed E-state index contributed by atoms with van der Waals surface area (Å²) in [5.74, 6) is -0.488. The largest absolute Gasteiger partial charge is 0.386 e. The van der Waals surface area contributed by atoms with Crippen molar-refractivity contribution in [2.45, 2.75) is 12.6 Å². The van der Waals surface area contributed by atoms with Crippen molar-refractivity contribution in [3.05, 3.63) is 63.8 Å². The lowest BCUT2D eigenvalue weighted by molar-refractivity contribution is 0.150. The quantitative estimate of drug-likeness (QED) is 0.805. The Hall–Kier alpha value is -2.05. The van der Waals surface area contributed by atoms with Crippen molar-refractivity contribution in [1.29, 1.82) is 0 Å². The molecule has 6 heteroatoms. The summed E-state index contributed by atoms with van der Waals surface area (Å²) in [4.78, 5) is 16.3. The van der Waals surface area contributed by atoms with Crippen LogP contribution < -0.4 is 5.56 Å². The number of hydrogen-bond acceptors (Lipinski definition) is 4. The first-order valence-electron chi connectivity index (χ1n) is 6.02. The van der Waals surface area contributed by atoms with Crippen LogP contribution >= 0.6 is 11.3 Å². The molecule has 0 amide bonds. The van der Waals surface area contributed by atoms with Crippen LogP contribution in [0.15, 0.2) is 46.8 Å². The van der Waals surface area contributed by atoms with E-state index in [0.717, 1.165) is 0 Å². The van der Waals surface area contributed by atoms with Crippen LogP contribution in [0.25, 0.3) is 10.2 Å². The van der Waals surface area contributed by atoms with E-state index in [1.807, 2.05) is 0 Å². The standard InChI is InChI=1S/C14H11FN2O2S/c15-10-4-2-1-3-9(10)12(18)7-17-8-16-11-5-6-20-13(11)14(17)19/h1-6,8,12,18H,7H2/t12-/m1/s1. The summed E-state index contributed by atoms with van der Waals surface area (Å²) in [6, 6.07) is 7.74. The molecular formula is C14H11FN2O2S. The average molecular weight is 290 g/mol. The number of thiophene rings is 1. The molecule has 102 valence electrons. The first-order valence-corrected chi connectivity index (χ1v) is 6.90. The van der Waals surface area contributed by atoms with Crippen LogP contribution in [-0.2, 0) is 6.54 Å². The SMILES string of the molecule is O=c1c2sccc2ncn1C[C@@H](O)c1ccccc1F. The number of aliphatic hydroxyl groups is 1. The van der Waals surface area contributed by atoms with E-state index in [9.17, 15) is 14.3 Å². The Bertz CT molecular complexity index is 812. The minimum atomic E-state index is -1.09. The highest BCUT2D eigenvalue weighted by Crippen LogP contribution is 2.19. The van der Waals surface area contributed by atoms with Gasteiger partial charge in [-0.05, 0) is 17.5 Å². The highest BCUT2D eigenvalue weighted by molar-refractivity contribution is 7.17. The van der Waals surface area contributed by atoms with Crippen molar-refractivity contribution in [3.63, 3.8) is 0 Å². The number of aliphatic hydroxyl groups excluding tert-OH is 1. The molecule has 0 fully saturated rings. The van der Waals surface area contributed by atoms with Crippen molar-refractivity contribution in [1.82, 2.24) is 9.55 Å². The maximum atomic E-state index is 13.6. The van der Waals surface area contributed by atoms with E-state index in [4.69, 9.17) is 0 Å². The summed E-state index contributed by atoms with van der Waals surface area (Å²) in [7, 11) is 0. The van der Waals surface area contributed by atoms with Crippen molar-refractivity contribution in [2.24, 2.45) is 0 Å². The predicted octanol–water partition coefficient (Wildman–Crippen LogP) is 2.33. The molecule has 0 saturated carbocycles. The van der Waals surface area contributed by atoms with Crippen LogP contribution in [0.1, 0.15) is 11.7 Å². The lowest BCUT2D eigenvalue weighted by Gasteiger charge is -2.13. The van der Waals surface area contributed by atoms with Crippen LogP contribution in [-0.4, -0.2) is 14.7 Å². The Morgan fingerprint density at radius 2 is 2.15 bits per heavy atom. The number of rotatable bonds is 3. The molecule has 0 spiro atoms. The molecule has 20 heavy (non-hydrogen) atoms. The molecule has 0 aliphatic heterocycles. The topological polar surface area (TPSA) is 55.1 Å². The first-order chi connectivity index (χ1) is 9.66. The molecule has 0 aliphatic carbocycles. The van der Waals surface area contributed by atoms with E-state index in [2.05, 4.69) is 4.98 Å². The van der Waals surface area contributed by atoms with E-state index in [1.165, 1.54) is 34.4 Å². The molecule has 0 unspecified atom stereocenters. The molecule has 0 saturated heterocycles. The first kappa shape index (κ1) is 13.0. The van der Waals surface area contributed by atoms with Gasteiger partial charge in [0.15, 0.2) is 0 Å². The fraction of sp³-hybridized carbons (Fsp3) is 0.143. The lowest BCUT2D eigenvalue weighted by Crippen LogP contribution is -2.23. The minimum Gasteiger partial charge on any atom is -0.386 e. The third-order valence-corrected chi connectivity index (χ3v) is 3.96. The van der Waals surface area contributed by atoms with Gasteiger partial charge < -0.3 is 5.11 Å². The van der Waals surface area contributed by atoms with E-state index in [1.54, 1.807) is 23.6 Å². The van der Waals surface area contributed by atoms with Gasteiger partial charge in [0.2, 0.25) is 0 Å². The fourth-order valence-electron chi connectivity index (χ4n) is 2.04. The average Bonchev–Trinajstić information content (AvgIpc) is 2.91. The summed E-state index contributed by atoms with van der Waals surface area (Å²) in [6.07, 6.45) is 0.287. The fourth-order valence-corrected chi connectivity index (χ4v) is 2.83. The molecule has 0 aliphatic rings. The second kappa shape index (κ2) is 5.15. The molecule has 4 nitrogen and oxygen atoms in total. The summed E-state index contributed by atoms with van der Waals surface area (Å²) < 4.78 is 15.4. The third kappa shape index (κ3) is 2.23. The number of halogens is 1. The van der Waals surface area contributed by atoms with Gasteiger partial charge in [-0.25, -0.2) is 9.37 Å². The molecule has 1 aromatic carbocycles. The normalized spacial score (nSPS) is 12.7. The maximum absolute atomic E-state index is 13.6. The van der Waals surface area contributed by atoms with Gasteiger partial charge in [-0.15, -0.1) is 11.3 Å². The monoisotopic (exact) mass is 290 g/mol. The second-order valence-corrected chi connectivity index (χ2v) is 5.29. The highest BCUT2D eigenvalue weighted by Gasteiger charge is 2.14. The third-order valence-electron chi connectivity index (χ3n) is 3.07. The van der Waals surface area contributed by atoms with E-state index >= 15 is 0 Å². The Morgan fingerprint density at radius 3 is 2.95 bits per heavy atom. The number of fused-ring (bicyclic) bond motifs is 1. The van der Waals surface area contributed by atoms with Crippen molar-refractivity contribution >= 4 is 21.6 Å². The summed E-state index contributed by atoms with van der Waals surface area (Å²) >= 11 is 1.30. The molecule has 0 bridgehead atoms. The summed E-state index contributed by atoms with van der Waals surface area (Å²) in [6.45, 7) is -0.0272. The smallest absolute Gasteiger partial charge is 0.271 e. The Morgan fingerprint density at radius 1 is 1.35 bits per heavy atom.